The van der Waals surface area contributed by atoms with Crippen molar-refractivity contribution in [1.82, 2.24) is 10.3 Å². The van der Waals surface area contributed by atoms with Crippen LogP contribution in [0.1, 0.15) is 31.8 Å². The fraction of sp³-hybridized carbons (Fsp3) is 0.222. The standard InChI is InChI=1S/C27H28N4O3/c1-34-27(33)24-13-7-21(8-14-24)19-28-29-26(32)23-11-9-22(10-12-23)20-30-15-17-31(18-16-30)25-5-3-2-4-6-25/h2-14,19H,15-18,20H2,1H3,(H,29,32)/b28-19+. The van der Waals surface area contributed by atoms with Crippen molar-refractivity contribution in [3.63, 3.8) is 0 Å². The molecule has 0 aliphatic carbocycles. The molecule has 3 aromatic rings. The molecule has 1 aliphatic rings. The lowest BCUT2D eigenvalue weighted by molar-refractivity contribution is 0.0600. The van der Waals surface area contributed by atoms with Crippen LogP contribution < -0.4 is 10.3 Å². The van der Waals surface area contributed by atoms with E-state index in [9.17, 15) is 9.59 Å². The summed E-state index contributed by atoms with van der Waals surface area (Å²) < 4.78 is 4.68. The van der Waals surface area contributed by atoms with Gasteiger partial charge in [-0.1, -0.05) is 42.5 Å². The molecule has 0 saturated carbocycles. The number of amides is 1. The Bertz CT molecular complexity index is 1120. The summed E-state index contributed by atoms with van der Waals surface area (Å²) in [5.41, 5.74) is 6.77. The van der Waals surface area contributed by atoms with Crippen molar-refractivity contribution in [3.05, 3.63) is 101 Å². The number of nitrogens with one attached hydrogen (secondary N) is 1. The molecule has 1 N–H and O–H groups in total. The smallest absolute Gasteiger partial charge is 0.337 e. The number of hydrazone groups is 1. The molecule has 1 aliphatic heterocycles. The highest BCUT2D eigenvalue weighted by atomic mass is 16.5. The molecule has 34 heavy (non-hydrogen) atoms. The zero-order valence-corrected chi connectivity index (χ0v) is 19.2. The van der Waals surface area contributed by atoms with Gasteiger partial charge in [0.15, 0.2) is 0 Å². The largest absolute Gasteiger partial charge is 0.465 e. The van der Waals surface area contributed by atoms with E-state index in [2.05, 4.69) is 49.3 Å². The second-order valence-corrected chi connectivity index (χ2v) is 8.11. The van der Waals surface area contributed by atoms with Crippen LogP contribution in [-0.2, 0) is 11.3 Å². The Kier molecular flexibility index (Phi) is 7.67. The molecule has 0 bridgehead atoms. The lowest BCUT2D eigenvalue weighted by Crippen LogP contribution is -2.45. The molecule has 0 unspecified atom stereocenters. The molecular weight excluding hydrogens is 428 g/mol. The maximum absolute atomic E-state index is 12.4. The van der Waals surface area contributed by atoms with Crippen LogP contribution in [0.5, 0.6) is 0 Å². The Morgan fingerprint density at radius 2 is 1.53 bits per heavy atom. The zero-order valence-electron chi connectivity index (χ0n) is 19.2. The summed E-state index contributed by atoms with van der Waals surface area (Å²) in [7, 11) is 1.34. The SMILES string of the molecule is COC(=O)c1ccc(/C=N/NC(=O)c2ccc(CN3CCN(c4ccccc4)CC3)cc2)cc1. The highest BCUT2D eigenvalue weighted by molar-refractivity contribution is 5.95. The van der Waals surface area contributed by atoms with Crippen molar-refractivity contribution in [2.75, 3.05) is 38.2 Å². The zero-order chi connectivity index (χ0) is 23.8. The van der Waals surface area contributed by atoms with Crippen LogP contribution >= 0.6 is 0 Å². The van der Waals surface area contributed by atoms with E-state index >= 15 is 0 Å². The number of benzene rings is 3. The van der Waals surface area contributed by atoms with Gasteiger partial charge < -0.3 is 9.64 Å². The Balaban J connectivity index is 1.24. The third-order valence-electron chi connectivity index (χ3n) is 5.83. The number of rotatable bonds is 7. The van der Waals surface area contributed by atoms with E-state index in [1.54, 1.807) is 24.3 Å². The van der Waals surface area contributed by atoms with Gasteiger partial charge in [0, 0.05) is 44.0 Å². The number of anilines is 1. The Labute approximate surface area is 199 Å². The first kappa shape index (κ1) is 23.2. The predicted molar refractivity (Wildman–Crippen MR) is 133 cm³/mol. The van der Waals surface area contributed by atoms with E-state index in [1.807, 2.05) is 30.3 Å². The van der Waals surface area contributed by atoms with Gasteiger partial charge in [-0.05, 0) is 47.5 Å². The quantitative estimate of drug-likeness (QED) is 0.334. The molecule has 0 radical (unpaired) electrons. The summed E-state index contributed by atoms with van der Waals surface area (Å²) in [6, 6.07) is 24.9. The number of methoxy groups -OCH3 is 1. The molecular formula is C27H28N4O3. The van der Waals surface area contributed by atoms with Crippen molar-refractivity contribution in [2.45, 2.75) is 6.54 Å². The van der Waals surface area contributed by atoms with E-state index in [-0.39, 0.29) is 5.91 Å². The number of ether oxygens (including phenoxy) is 1. The average Bonchev–Trinajstić information content (AvgIpc) is 2.90. The normalized spacial score (nSPS) is 14.2. The number of hydrogen-bond donors (Lipinski definition) is 1. The summed E-state index contributed by atoms with van der Waals surface area (Å²) in [5, 5.41) is 4.01. The van der Waals surface area contributed by atoms with Gasteiger partial charge in [-0.15, -0.1) is 0 Å². The fourth-order valence-electron chi connectivity index (χ4n) is 3.88. The summed E-state index contributed by atoms with van der Waals surface area (Å²) in [5.74, 6) is -0.667. The first-order chi connectivity index (χ1) is 16.6. The van der Waals surface area contributed by atoms with Crippen LogP contribution in [-0.4, -0.2) is 56.3 Å². The molecule has 1 saturated heterocycles. The summed E-state index contributed by atoms with van der Waals surface area (Å²) in [6.07, 6.45) is 1.53. The van der Waals surface area contributed by atoms with Crippen molar-refractivity contribution in [2.24, 2.45) is 5.10 Å². The van der Waals surface area contributed by atoms with Gasteiger partial charge in [-0.3, -0.25) is 9.69 Å². The van der Waals surface area contributed by atoms with E-state index in [1.165, 1.54) is 24.6 Å². The first-order valence-electron chi connectivity index (χ1n) is 11.3. The van der Waals surface area contributed by atoms with Crippen molar-refractivity contribution >= 4 is 23.8 Å². The lowest BCUT2D eigenvalue weighted by Gasteiger charge is -2.36. The molecule has 1 heterocycles. The third-order valence-corrected chi connectivity index (χ3v) is 5.83. The number of carbonyl (C=O) groups is 2. The van der Waals surface area contributed by atoms with Crippen LogP contribution in [0, 0.1) is 0 Å². The second kappa shape index (κ2) is 11.2. The van der Waals surface area contributed by atoms with Crippen LogP contribution in [0.3, 0.4) is 0 Å². The Hall–Kier alpha value is -3.97. The summed E-state index contributed by atoms with van der Waals surface area (Å²) in [6.45, 7) is 4.89. The molecule has 3 aromatic carbocycles. The lowest BCUT2D eigenvalue weighted by atomic mass is 10.1. The number of esters is 1. The number of hydrogen-bond acceptors (Lipinski definition) is 6. The molecule has 174 valence electrons. The predicted octanol–water partition coefficient (Wildman–Crippen LogP) is 3.56. The molecule has 1 fully saturated rings. The van der Waals surface area contributed by atoms with Gasteiger partial charge in [0.05, 0.1) is 18.9 Å². The van der Waals surface area contributed by atoms with Crippen molar-refractivity contribution in [3.8, 4) is 0 Å². The van der Waals surface area contributed by atoms with E-state index in [0.29, 0.717) is 11.1 Å². The monoisotopic (exact) mass is 456 g/mol. The number of para-hydroxylation sites is 1. The van der Waals surface area contributed by atoms with Gasteiger partial charge in [0.25, 0.3) is 5.91 Å². The summed E-state index contributed by atoms with van der Waals surface area (Å²) >= 11 is 0. The van der Waals surface area contributed by atoms with Gasteiger partial charge in [-0.2, -0.15) is 5.10 Å². The summed E-state index contributed by atoms with van der Waals surface area (Å²) in [4.78, 5) is 28.7. The Morgan fingerprint density at radius 1 is 0.882 bits per heavy atom. The molecule has 0 aromatic heterocycles. The van der Waals surface area contributed by atoms with E-state index in [0.717, 1.165) is 38.3 Å². The molecule has 0 spiro atoms. The molecule has 7 heteroatoms. The minimum atomic E-state index is -0.394. The van der Waals surface area contributed by atoms with Gasteiger partial charge in [-0.25, -0.2) is 10.2 Å². The van der Waals surface area contributed by atoms with E-state index in [4.69, 9.17) is 0 Å². The molecule has 1 amide bonds. The molecule has 0 atom stereocenters. The molecule has 7 nitrogen and oxygen atoms in total. The van der Waals surface area contributed by atoms with Gasteiger partial charge >= 0.3 is 5.97 Å². The van der Waals surface area contributed by atoms with Gasteiger partial charge in [0.2, 0.25) is 0 Å². The minimum absolute atomic E-state index is 0.273. The number of nitrogens with zero attached hydrogens (tertiary/aromatic N) is 3. The van der Waals surface area contributed by atoms with Crippen LogP contribution in [0.25, 0.3) is 0 Å². The maximum Gasteiger partial charge on any atom is 0.337 e. The van der Waals surface area contributed by atoms with Crippen LogP contribution in [0.2, 0.25) is 0 Å². The third kappa shape index (κ3) is 6.08. The van der Waals surface area contributed by atoms with Crippen LogP contribution in [0.15, 0.2) is 84.0 Å². The highest BCUT2D eigenvalue weighted by Gasteiger charge is 2.17. The Morgan fingerprint density at radius 3 is 2.18 bits per heavy atom. The minimum Gasteiger partial charge on any atom is -0.465 e. The van der Waals surface area contributed by atoms with Crippen LogP contribution in [0.4, 0.5) is 5.69 Å². The second-order valence-electron chi connectivity index (χ2n) is 8.11. The highest BCUT2D eigenvalue weighted by Crippen LogP contribution is 2.17. The fourth-order valence-corrected chi connectivity index (χ4v) is 3.88. The number of carbonyl (C=O) groups excluding carboxylic acids is 2. The van der Waals surface area contributed by atoms with Crippen molar-refractivity contribution < 1.29 is 14.3 Å². The number of piperazine rings is 1. The maximum atomic E-state index is 12.4. The molecule has 4 rings (SSSR count). The van der Waals surface area contributed by atoms with Gasteiger partial charge in [0.1, 0.15) is 0 Å². The van der Waals surface area contributed by atoms with Crippen molar-refractivity contribution in [1.29, 1.82) is 0 Å². The topological polar surface area (TPSA) is 74.2 Å². The average molecular weight is 457 g/mol. The first-order valence-corrected chi connectivity index (χ1v) is 11.3. The van der Waals surface area contributed by atoms with E-state index < -0.39 is 5.97 Å².